The molecule has 98 valence electrons. The van der Waals surface area contributed by atoms with Crippen LogP contribution in [0.15, 0.2) is 54.6 Å². The number of nitrogens with zero attached hydrogens (tertiary/aromatic N) is 1. The summed E-state index contributed by atoms with van der Waals surface area (Å²) in [7, 11) is 0. The number of nitrogens with two attached hydrogens (primary N) is 1. The van der Waals surface area contributed by atoms with Gasteiger partial charge in [0.25, 0.3) is 0 Å². The highest BCUT2D eigenvalue weighted by atomic mass is 15.1. The highest BCUT2D eigenvalue weighted by molar-refractivity contribution is 5.57. The van der Waals surface area contributed by atoms with E-state index in [0.29, 0.717) is 0 Å². The molecule has 0 saturated heterocycles. The summed E-state index contributed by atoms with van der Waals surface area (Å²) in [4.78, 5) is 2.46. The van der Waals surface area contributed by atoms with Crippen molar-refractivity contribution in [1.82, 2.24) is 0 Å². The molecular weight excluding hydrogens is 232 g/mol. The highest BCUT2D eigenvalue weighted by Crippen LogP contribution is 2.28. The van der Waals surface area contributed by atoms with Crippen LogP contribution in [0.2, 0.25) is 0 Å². The van der Waals surface area contributed by atoms with Crippen LogP contribution in [0.1, 0.15) is 23.6 Å². The molecule has 0 saturated carbocycles. The Hall–Kier alpha value is -1.80. The normalized spacial score (nSPS) is 15.3. The van der Waals surface area contributed by atoms with Crippen LogP contribution < -0.4 is 10.6 Å². The zero-order valence-corrected chi connectivity index (χ0v) is 11.1. The second-order valence-corrected chi connectivity index (χ2v) is 5.17. The quantitative estimate of drug-likeness (QED) is 0.905. The van der Waals surface area contributed by atoms with Gasteiger partial charge in [-0.1, -0.05) is 48.5 Å². The molecule has 0 amide bonds. The maximum atomic E-state index is 6.27. The summed E-state index contributed by atoms with van der Waals surface area (Å²) >= 11 is 0. The van der Waals surface area contributed by atoms with E-state index in [1.165, 1.54) is 16.8 Å². The van der Waals surface area contributed by atoms with E-state index in [2.05, 4.69) is 53.4 Å². The molecule has 0 aliphatic carbocycles. The van der Waals surface area contributed by atoms with Gasteiger partial charge in [0.05, 0.1) is 0 Å². The molecule has 1 aliphatic rings. The molecule has 2 aromatic rings. The van der Waals surface area contributed by atoms with Crippen LogP contribution in [0, 0.1) is 0 Å². The van der Waals surface area contributed by atoms with Crippen molar-refractivity contribution >= 4 is 5.69 Å². The second-order valence-electron chi connectivity index (χ2n) is 5.17. The fourth-order valence-corrected chi connectivity index (χ4v) is 2.80. The number of para-hydroxylation sites is 1. The summed E-state index contributed by atoms with van der Waals surface area (Å²) in [6, 6.07) is 19.2. The van der Waals surface area contributed by atoms with Gasteiger partial charge >= 0.3 is 0 Å². The van der Waals surface area contributed by atoms with Gasteiger partial charge in [0.1, 0.15) is 0 Å². The Morgan fingerprint density at radius 1 is 1.00 bits per heavy atom. The van der Waals surface area contributed by atoms with Crippen LogP contribution >= 0.6 is 0 Å². The van der Waals surface area contributed by atoms with Crippen LogP contribution in [0.3, 0.4) is 0 Å². The average molecular weight is 252 g/mol. The first-order valence-corrected chi connectivity index (χ1v) is 6.98. The highest BCUT2D eigenvalue weighted by Gasteiger charge is 2.18. The predicted octanol–water partition coefficient (Wildman–Crippen LogP) is 3.14. The van der Waals surface area contributed by atoms with Crippen molar-refractivity contribution in [3.05, 3.63) is 65.7 Å². The van der Waals surface area contributed by atoms with Gasteiger partial charge in [0.2, 0.25) is 0 Å². The summed E-state index contributed by atoms with van der Waals surface area (Å²) in [5.41, 5.74) is 10.4. The molecule has 19 heavy (non-hydrogen) atoms. The number of hydrogen-bond donors (Lipinski definition) is 1. The summed E-state index contributed by atoms with van der Waals surface area (Å²) in [6.45, 7) is 2.16. The van der Waals surface area contributed by atoms with Gasteiger partial charge in [-0.3, -0.25) is 0 Å². The molecule has 1 atom stereocenters. The van der Waals surface area contributed by atoms with Crippen LogP contribution in [-0.4, -0.2) is 13.1 Å². The molecule has 0 fully saturated rings. The van der Waals surface area contributed by atoms with Gasteiger partial charge in [-0.05, 0) is 30.0 Å². The van der Waals surface area contributed by atoms with Crippen LogP contribution in [0.5, 0.6) is 0 Å². The van der Waals surface area contributed by atoms with E-state index in [9.17, 15) is 0 Å². The number of benzene rings is 2. The topological polar surface area (TPSA) is 29.3 Å². The van der Waals surface area contributed by atoms with Crippen molar-refractivity contribution in [2.75, 3.05) is 18.0 Å². The first-order valence-electron chi connectivity index (χ1n) is 6.98. The zero-order valence-electron chi connectivity index (χ0n) is 11.1. The lowest BCUT2D eigenvalue weighted by Crippen LogP contribution is -2.25. The van der Waals surface area contributed by atoms with E-state index in [1.807, 2.05) is 6.07 Å². The van der Waals surface area contributed by atoms with E-state index in [4.69, 9.17) is 5.73 Å². The third kappa shape index (κ3) is 2.64. The fraction of sp³-hybridized carbons (Fsp3) is 0.294. The lowest BCUT2D eigenvalue weighted by molar-refractivity contribution is 0.634. The standard InChI is InChI=1S/C17H20N2/c18-16(14-6-2-1-3-7-14)11-13-19-12-10-15-8-4-5-9-17(15)19/h1-9,16H,10-13,18H2. The van der Waals surface area contributed by atoms with Crippen molar-refractivity contribution < 1.29 is 0 Å². The van der Waals surface area contributed by atoms with Gasteiger partial charge in [0.15, 0.2) is 0 Å². The SMILES string of the molecule is NC(CCN1CCc2ccccc21)c1ccccc1. The third-order valence-corrected chi connectivity index (χ3v) is 3.92. The summed E-state index contributed by atoms with van der Waals surface area (Å²) in [6.07, 6.45) is 2.16. The molecule has 2 nitrogen and oxygen atoms in total. The number of rotatable bonds is 4. The van der Waals surface area contributed by atoms with E-state index >= 15 is 0 Å². The molecule has 1 unspecified atom stereocenters. The van der Waals surface area contributed by atoms with Gasteiger partial charge in [-0.25, -0.2) is 0 Å². The largest absolute Gasteiger partial charge is 0.371 e. The molecule has 0 aromatic heterocycles. The van der Waals surface area contributed by atoms with Crippen molar-refractivity contribution in [1.29, 1.82) is 0 Å². The minimum absolute atomic E-state index is 0.133. The van der Waals surface area contributed by atoms with Gasteiger partial charge < -0.3 is 10.6 Å². The molecule has 0 bridgehead atoms. The van der Waals surface area contributed by atoms with Crippen LogP contribution in [0.4, 0.5) is 5.69 Å². The number of hydrogen-bond acceptors (Lipinski definition) is 2. The predicted molar refractivity (Wildman–Crippen MR) is 80.3 cm³/mol. The summed E-state index contributed by atoms with van der Waals surface area (Å²) in [5, 5.41) is 0. The first kappa shape index (κ1) is 12.2. The van der Waals surface area contributed by atoms with Crippen molar-refractivity contribution in [2.45, 2.75) is 18.9 Å². The maximum Gasteiger partial charge on any atom is 0.0399 e. The van der Waals surface area contributed by atoms with Crippen molar-refractivity contribution in [3.63, 3.8) is 0 Å². The Kier molecular flexibility index (Phi) is 3.51. The minimum atomic E-state index is 0.133. The fourth-order valence-electron chi connectivity index (χ4n) is 2.80. The van der Waals surface area contributed by atoms with Gasteiger partial charge in [0, 0.05) is 24.8 Å². The van der Waals surface area contributed by atoms with E-state index in [1.54, 1.807) is 0 Å². The van der Waals surface area contributed by atoms with E-state index in [0.717, 1.165) is 25.9 Å². The molecule has 1 aliphatic heterocycles. The number of anilines is 1. The monoisotopic (exact) mass is 252 g/mol. The van der Waals surface area contributed by atoms with Crippen molar-refractivity contribution in [3.8, 4) is 0 Å². The van der Waals surface area contributed by atoms with E-state index < -0.39 is 0 Å². The lowest BCUT2D eigenvalue weighted by atomic mass is 10.0. The van der Waals surface area contributed by atoms with Gasteiger partial charge in [-0.2, -0.15) is 0 Å². The number of fused-ring (bicyclic) bond motifs is 1. The maximum absolute atomic E-state index is 6.27. The average Bonchev–Trinajstić information content (AvgIpc) is 2.89. The Labute approximate surface area is 114 Å². The summed E-state index contributed by atoms with van der Waals surface area (Å²) < 4.78 is 0. The molecule has 1 heterocycles. The van der Waals surface area contributed by atoms with Crippen molar-refractivity contribution in [2.24, 2.45) is 5.73 Å². The van der Waals surface area contributed by atoms with Crippen LogP contribution in [0.25, 0.3) is 0 Å². The second kappa shape index (κ2) is 5.45. The Morgan fingerprint density at radius 3 is 2.58 bits per heavy atom. The smallest absolute Gasteiger partial charge is 0.0399 e. The molecule has 2 aromatic carbocycles. The first-order chi connectivity index (χ1) is 9.34. The zero-order chi connectivity index (χ0) is 13.1. The molecule has 2 N–H and O–H groups in total. The van der Waals surface area contributed by atoms with Gasteiger partial charge in [-0.15, -0.1) is 0 Å². The molecule has 0 spiro atoms. The summed E-state index contributed by atoms with van der Waals surface area (Å²) in [5.74, 6) is 0. The van der Waals surface area contributed by atoms with E-state index in [-0.39, 0.29) is 6.04 Å². The Bertz CT molecular complexity index is 536. The molecular formula is C17H20N2. The lowest BCUT2D eigenvalue weighted by Gasteiger charge is -2.21. The third-order valence-electron chi connectivity index (χ3n) is 3.92. The molecule has 0 radical (unpaired) electrons. The Morgan fingerprint density at radius 2 is 1.74 bits per heavy atom. The van der Waals surface area contributed by atoms with Crippen LogP contribution in [-0.2, 0) is 6.42 Å². The molecule has 2 heteroatoms. The Balaban J connectivity index is 1.62. The minimum Gasteiger partial charge on any atom is -0.371 e. The molecule has 3 rings (SSSR count).